The molecule has 0 saturated carbocycles. The first-order chi connectivity index (χ1) is 6.31. The minimum Gasteiger partial charge on any atom is -0.554 e. The Balaban J connectivity index is 0.00000169. The van der Waals surface area contributed by atoms with Gasteiger partial charge in [0, 0.05) is 20.0 Å². The zero-order valence-corrected chi connectivity index (χ0v) is 9.03. The smallest absolute Gasteiger partial charge is 0.554 e. The van der Waals surface area contributed by atoms with Crippen LogP contribution in [-0.4, -0.2) is 21.3 Å². The van der Waals surface area contributed by atoms with Crippen LogP contribution in [0.5, 0.6) is 5.75 Å². The maximum atomic E-state index is 5.09. The molecule has 0 aliphatic heterocycles. The second kappa shape index (κ2) is 6.91. The fourth-order valence-electron chi connectivity index (χ4n) is 1.09. The molecular formula is C10H13LiO3. The average molecular weight is 188 g/mol. The van der Waals surface area contributed by atoms with E-state index in [9.17, 15) is 0 Å². The second-order valence-corrected chi connectivity index (χ2v) is 2.51. The normalized spacial score (nSPS) is 9.71. The molecule has 1 aromatic rings. The fourth-order valence-corrected chi connectivity index (χ4v) is 1.09. The molecule has 0 heterocycles. The van der Waals surface area contributed by atoms with Gasteiger partial charge in [0.2, 0.25) is 0 Å². The van der Waals surface area contributed by atoms with E-state index in [2.05, 4.69) is 6.07 Å². The summed E-state index contributed by atoms with van der Waals surface area (Å²) in [7, 11) is 4.79. The van der Waals surface area contributed by atoms with E-state index >= 15 is 0 Å². The van der Waals surface area contributed by atoms with Crippen LogP contribution in [0.25, 0.3) is 0 Å². The molecule has 0 spiro atoms. The van der Waals surface area contributed by atoms with Gasteiger partial charge in [-0.1, -0.05) is 5.56 Å². The van der Waals surface area contributed by atoms with Crippen molar-refractivity contribution in [1.82, 2.24) is 0 Å². The van der Waals surface area contributed by atoms with E-state index in [-0.39, 0.29) is 25.2 Å². The Hall–Kier alpha value is -0.463. The summed E-state index contributed by atoms with van der Waals surface area (Å²) in [6, 6.07) is 8.36. The summed E-state index contributed by atoms with van der Waals surface area (Å²) < 4.78 is 15.2. The SMILES string of the molecule is COc1c[c-]cc(C(OC)OC)c1.[Li+]. The first-order valence-electron chi connectivity index (χ1n) is 3.92. The van der Waals surface area contributed by atoms with Crippen molar-refractivity contribution in [1.29, 1.82) is 0 Å². The molecule has 0 amide bonds. The van der Waals surface area contributed by atoms with Crippen LogP contribution in [0.1, 0.15) is 11.9 Å². The van der Waals surface area contributed by atoms with Gasteiger partial charge in [0.25, 0.3) is 0 Å². The quantitative estimate of drug-likeness (QED) is 0.337. The molecule has 0 N–H and O–H groups in total. The Labute approximate surface area is 96.5 Å². The van der Waals surface area contributed by atoms with Crippen molar-refractivity contribution in [3.63, 3.8) is 0 Å². The summed E-state index contributed by atoms with van der Waals surface area (Å²) in [5, 5.41) is 0. The van der Waals surface area contributed by atoms with Gasteiger partial charge in [0.15, 0.2) is 0 Å². The molecule has 72 valence electrons. The number of ether oxygens (including phenoxy) is 3. The van der Waals surface area contributed by atoms with Crippen molar-refractivity contribution in [2.45, 2.75) is 6.29 Å². The van der Waals surface area contributed by atoms with Crippen LogP contribution >= 0.6 is 0 Å². The topological polar surface area (TPSA) is 27.7 Å². The van der Waals surface area contributed by atoms with Crippen LogP contribution in [0, 0.1) is 6.07 Å². The van der Waals surface area contributed by atoms with Gasteiger partial charge in [-0.3, -0.25) is 0 Å². The Morgan fingerprint density at radius 1 is 1.14 bits per heavy atom. The van der Waals surface area contributed by atoms with E-state index < -0.39 is 0 Å². The number of hydrogen-bond donors (Lipinski definition) is 0. The third-order valence-corrected chi connectivity index (χ3v) is 1.72. The van der Waals surface area contributed by atoms with Gasteiger partial charge in [0.05, 0.1) is 7.11 Å². The van der Waals surface area contributed by atoms with Gasteiger partial charge in [-0.05, 0) is 0 Å². The van der Waals surface area contributed by atoms with E-state index in [0.717, 1.165) is 11.3 Å². The third-order valence-electron chi connectivity index (χ3n) is 1.72. The average Bonchev–Trinajstić information content (AvgIpc) is 2.20. The molecule has 4 heteroatoms. The summed E-state index contributed by atoms with van der Waals surface area (Å²) in [5.74, 6) is 0.747. The van der Waals surface area contributed by atoms with Gasteiger partial charge in [-0.25, -0.2) is 0 Å². The summed E-state index contributed by atoms with van der Waals surface area (Å²) in [6.07, 6.45) is -0.355. The van der Waals surface area contributed by atoms with Gasteiger partial charge in [0.1, 0.15) is 6.29 Å². The van der Waals surface area contributed by atoms with E-state index in [0.29, 0.717) is 0 Å². The molecule has 0 atom stereocenters. The van der Waals surface area contributed by atoms with Crippen molar-refractivity contribution in [2.75, 3.05) is 21.3 Å². The molecule has 0 radical (unpaired) electrons. The summed E-state index contributed by atoms with van der Waals surface area (Å²) in [4.78, 5) is 0. The zero-order valence-electron chi connectivity index (χ0n) is 9.03. The Morgan fingerprint density at radius 2 is 1.79 bits per heavy atom. The summed E-state index contributed by atoms with van der Waals surface area (Å²) in [5.41, 5.74) is 0.893. The first-order valence-corrected chi connectivity index (χ1v) is 3.92. The van der Waals surface area contributed by atoms with Crippen molar-refractivity contribution < 1.29 is 33.1 Å². The maximum Gasteiger partial charge on any atom is 1.00 e. The van der Waals surface area contributed by atoms with Gasteiger partial charge >= 0.3 is 18.9 Å². The van der Waals surface area contributed by atoms with Crippen LogP contribution in [0.2, 0.25) is 0 Å². The molecule has 0 aromatic heterocycles. The van der Waals surface area contributed by atoms with E-state index in [4.69, 9.17) is 14.2 Å². The molecule has 0 saturated heterocycles. The van der Waals surface area contributed by atoms with Gasteiger partial charge in [-0.2, -0.15) is 12.1 Å². The molecule has 1 aromatic carbocycles. The molecule has 0 fully saturated rings. The van der Waals surface area contributed by atoms with Gasteiger partial charge < -0.3 is 14.2 Å². The van der Waals surface area contributed by atoms with Crippen molar-refractivity contribution >= 4 is 0 Å². The fraction of sp³-hybridized carbons (Fsp3) is 0.400. The van der Waals surface area contributed by atoms with Crippen LogP contribution in [0.4, 0.5) is 0 Å². The standard InChI is InChI=1S/C10H13O3.Li/c1-11-9-6-4-5-8(7-9)10(12-2)13-3;/h5-7,10H,1-3H3;/q-1;+1. The third kappa shape index (κ3) is 3.36. The van der Waals surface area contributed by atoms with Crippen LogP contribution in [0.15, 0.2) is 18.2 Å². The molecule has 1 rings (SSSR count). The largest absolute Gasteiger partial charge is 1.00 e. The molecule has 3 nitrogen and oxygen atoms in total. The molecule has 0 bridgehead atoms. The van der Waals surface area contributed by atoms with E-state index in [1.54, 1.807) is 33.5 Å². The second-order valence-electron chi connectivity index (χ2n) is 2.51. The number of methoxy groups -OCH3 is 3. The van der Waals surface area contributed by atoms with Crippen molar-refractivity contribution in [2.24, 2.45) is 0 Å². The molecule has 0 unspecified atom stereocenters. The Bertz CT molecular complexity index is 261. The number of rotatable bonds is 4. The van der Waals surface area contributed by atoms with E-state index in [1.165, 1.54) is 0 Å². The Kier molecular flexibility index (Phi) is 6.68. The van der Waals surface area contributed by atoms with Crippen LogP contribution in [-0.2, 0) is 9.47 Å². The van der Waals surface area contributed by atoms with Crippen LogP contribution < -0.4 is 23.6 Å². The summed E-state index contributed by atoms with van der Waals surface area (Å²) in [6.45, 7) is 0. The van der Waals surface area contributed by atoms with E-state index in [1.807, 2.05) is 6.07 Å². The Morgan fingerprint density at radius 3 is 2.29 bits per heavy atom. The van der Waals surface area contributed by atoms with Gasteiger partial charge in [-0.15, -0.1) is 12.1 Å². The predicted octanol–water partition coefficient (Wildman–Crippen LogP) is -1.21. The summed E-state index contributed by atoms with van der Waals surface area (Å²) >= 11 is 0. The zero-order chi connectivity index (χ0) is 9.68. The molecule has 14 heavy (non-hydrogen) atoms. The number of benzene rings is 1. The molecular weight excluding hydrogens is 175 g/mol. The minimum atomic E-state index is -0.355. The first kappa shape index (κ1) is 13.5. The molecule has 0 aliphatic rings. The minimum absolute atomic E-state index is 0. The van der Waals surface area contributed by atoms with Crippen LogP contribution in [0.3, 0.4) is 0 Å². The van der Waals surface area contributed by atoms with Crippen molar-refractivity contribution in [3.05, 3.63) is 29.8 Å². The number of hydrogen-bond acceptors (Lipinski definition) is 3. The van der Waals surface area contributed by atoms with Crippen molar-refractivity contribution in [3.8, 4) is 5.75 Å². The maximum absolute atomic E-state index is 5.09. The monoisotopic (exact) mass is 188 g/mol. The molecule has 0 aliphatic carbocycles. The predicted molar refractivity (Wildman–Crippen MR) is 48.6 cm³/mol.